The van der Waals surface area contributed by atoms with Crippen LogP contribution in [-0.2, 0) is 4.74 Å². The van der Waals surface area contributed by atoms with Crippen molar-refractivity contribution in [2.75, 3.05) is 0 Å². The third-order valence-corrected chi connectivity index (χ3v) is 0.840. The maximum atomic E-state index is 11.5. The lowest BCUT2D eigenvalue weighted by molar-refractivity contribution is -0.461. The number of hydrogen-bond acceptors (Lipinski definition) is 2. The highest BCUT2D eigenvalue weighted by Crippen LogP contribution is 2.35. The smallest absolute Gasteiger partial charge is 0.359 e. The zero-order valence-electron chi connectivity index (χ0n) is 5.62. The van der Waals surface area contributed by atoms with E-state index in [1.807, 2.05) is 0 Å². The van der Waals surface area contributed by atoms with E-state index < -0.39 is 18.3 Å². The van der Waals surface area contributed by atoms with Gasteiger partial charge in [0.1, 0.15) is 0 Å². The summed E-state index contributed by atoms with van der Waals surface area (Å²) in [6.45, 7) is -0.138. The molecule has 8 heteroatoms. The zero-order valence-corrected chi connectivity index (χ0v) is 5.62. The van der Waals surface area contributed by atoms with Crippen molar-refractivity contribution in [3.63, 3.8) is 0 Å². The van der Waals surface area contributed by atoms with Crippen LogP contribution in [0, 0.1) is 0 Å². The second kappa shape index (κ2) is 2.77. The summed E-state index contributed by atoms with van der Waals surface area (Å²) in [6, 6.07) is 0. The van der Waals surface area contributed by atoms with E-state index in [4.69, 9.17) is 5.11 Å². The van der Waals surface area contributed by atoms with Gasteiger partial charge in [0.25, 0.3) is 5.79 Å². The number of halogens is 6. The lowest BCUT2D eigenvalue weighted by Crippen LogP contribution is -2.48. The second-order valence-electron chi connectivity index (χ2n) is 2.03. The first-order valence-electron chi connectivity index (χ1n) is 2.52. The molecule has 0 saturated heterocycles. The van der Waals surface area contributed by atoms with Crippen molar-refractivity contribution < 1.29 is 36.2 Å². The quantitative estimate of drug-likeness (QED) is 0.514. The normalized spacial score (nSPS) is 19.0. The highest BCUT2D eigenvalue weighted by molar-refractivity contribution is 4.70. The molecule has 1 unspecified atom stereocenters. The molecule has 0 fully saturated rings. The van der Waals surface area contributed by atoms with Crippen LogP contribution in [0.3, 0.4) is 0 Å². The lowest BCUT2D eigenvalue weighted by atomic mass is 10.3. The fourth-order valence-corrected chi connectivity index (χ4v) is 0.283. The van der Waals surface area contributed by atoms with Crippen LogP contribution < -0.4 is 0 Å². The summed E-state index contributed by atoms with van der Waals surface area (Å²) >= 11 is 0. The predicted molar refractivity (Wildman–Crippen MR) is 23.8 cm³/mol. The summed E-state index contributed by atoms with van der Waals surface area (Å²) < 4.78 is 70.5. The topological polar surface area (TPSA) is 29.5 Å². The average Bonchev–Trinajstić information content (AvgIpc) is 1.52. The van der Waals surface area contributed by atoms with Crippen LogP contribution in [0.4, 0.5) is 26.3 Å². The Labute approximate surface area is 62.7 Å². The van der Waals surface area contributed by atoms with Crippen molar-refractivity contribution in [1.29, 1.82) is 0 Å². The fraction of sp³-hybridized carbons (Fsp3) is 1.00. The molecule has 0 rings (SSSR count). The lowest BCUT2D eigenvalue weighted by Gasteiger charge is -2.26. The number of aliphatic hydroxyl groups is 1. The zero-order chi connectivity index (χ0) is 10.2. The Kier molecular flexibility index (Phi) is 2.65. The van der Waals surface area contributed by atoms with E-state index in [1.165, 1.54) is 0 Å². The molecule has 0 aliphatic heterocycles. The highest BCUT2D eigenvalue weighted by atomic mass is 19.4. The van der Waals surface area contributed by atoms with Crippen LogP contribution in [0.1, 0.15) is 6.92 Å². The summed E-state index contributed by atoms with van der Waals surface area (Å²) in [5.41, 5.74) is 0. The highest BCUT2D eigenvalue weighted by Gasteiger charge is 2.57. The Morgan fingerprint density at radius 2 is 1.33 bits per heavy atom. The summed E-state index contributed by atoms with van der Waals surface area (Å²) in [5.74, 6) is -4.20. The van der Waals surface area contributed by atoms with Gasteiger partial charge in [-0.1, -0.05) is 0 Å². The number of alkyl halides is 6. The van der Waals surface area contributed by atoms with Gasteiger partial charge >= 0.3 is 12.5 Å². The van der Waals surface area contributed by atoms with E-state index in [0.717, 1.165) is 0 Å². The monoisotopic (exact) mass is 198 g/mol. The average molecular weight is 198 g/mol. The molecule has 74 valence electrons. The molecule has 0 bridgehead atoms. The number of hydrogen-bond donors (Lipinski definition) is 1. The van der Waals surface area contributed by atoms with Crippen LogP contribution in [0.15, 0.2) is 0 Å². The van der Waals surface area contributed by atoms with Crippen LogP contribution in [0.5, 0.6) is 0 Å². The third kappa shape index (κ3) is 3.26. The minimum Gasteiger partial charge on any atom is -0.359 e. The van der Waals surface area contributed by atoms with Crippen molar-refractivity contribution in [2.24, 2.45) is 0 Å². The van der Waals surface area contributed by atoms with Gasteiger partial charge < -0.3 is 5.11 Å². The van der Waals surface area contributed by atoms with E-state index in [1.54, 1.807) is 0 Å². The maximum Gasteiger partial charge on any atom is 0.525 e. The fourth-order valence-electron chi connectivity index (χ4n) is 0.283. The summed E-state index contributed by atoms with van der Waals surface area (Å²) in [7, 11) is 0. The number of rotatable bonds is 1. The molecule has 12 heavy (non-hydrogen) atoms. The maximum absolute atomic E-state index is 11.5. The van der Waals surface area contributed by atoms with Crippen molar-refractivity contribution in [1.82, 2.24) is 0 Å². The minimum atomic E-state index is -5.53. The first kappa shape index (κ1) is 11.5. The van der Waals surface area contributed by atoms with Gasteiger partial charge in [-0.15, -0.1) is 13.2 Å². The Hall–Kier alpha value is -0.500. The van der Waals surface area contributed by atoms with Gasteiger partial charge in [0.05, 0.1) is 0 Å². The van der Waals surface area contributed by atoms with Crippen LogP contribution in [0.25, 0.3) is 0 Å². The second-order valence-corrected chi connectivity index (χ2v) is 2.03. The van der Waals surface area contributed by atoms with Gasteiger partial charge in [-0.05, 0) is 6.92 Å². The predicted octanol–water partition coefficient (Wildman–Crippen LogP) is 1.79. The van der Waals surface area contributed by atoms with Crippen molar-refractivity contribution in [3.05, 3.63) is 0 Å². The molecule has 0 aliphatic carbocycles. The molecule has 0 spiro atoms. The summed E-state index contributed by atoms with van der Waals surface area (Å²) in [5, 5.41) is 8.12. The minimum absolute atomic E-state index is 0.138. The molecule has 0 radical (unpaired) electrons. The van der Waals surface area contributed by atoms with Crippen LogP contribution in [-0.4, -0.2) is 23.4 Å². The molecule has 1 N–H and O–H groups in total. The Balaban J connectivity index is 4.44. The van der Waals surface area contributed by atoms with Gasteiger partial charge in [-0.2, -0.15) is 13.2 Å². The van der Waals surface area contributed by atoms with E-state index in [9.17, 15) is 26.3 Å². The Morgan fingerprint density at radius 3 is 1.42 bits per heavy atom. The molecule has 0 aromatic heterocycles. The Bertz CT molecular complexity index is 156. The molecule has 2 nitrogen and oxygen atoms in total. The third-order valence-electron chi connectivity index (χ3n) is 0.840. The molecule has 0 aromatic carbocycles. The molecular weight excluding hydrogens is 194 g/mol. The van der Waals surface area contributed by atoms with Gasteiger partial charge in [-0.3, -0.25) is 0 Å². The molecule has 0 saturated carbocycles. The molecule has 0 aliphatic rings. The van der Waals surface area contributed by atoms with Crippen molar-refractivity contribution >= 4 is 0 Å². The van der Waals surface area contributed by atoms with Crippen LogP contribution >= 0.6 is 0 Å². The van der Waals surface area contributed by atoms with Crippen molar-refractivity contribution in [3.8, 4) is 0 Å². The SMILES string of the molecule is CC(O)(OC(F)(F)F)C(F)(F)F. The first-order valence-corrected chi connectivity index (χ1v) is 2.52. The van der Waals surface area contributed by atoms with E-state index in [-0.39, 0.29) is 6.92 Å². The molecule has 0 amide bonds. The van der Waals surface area contributed by atoms with E-state index >= 15 is 0 Å². The van der Waals surface area contributed by atoms with E-state index in [0.29, 0.717) is 0 Å². The molecular formula is C4H4F6O2. The Morgan fingerprint density at radius 1 is 1.00 bits per heavy atom. The van der Waals surface area contributed by atoms with Gasteiger partial charge in [-0.25, -0.2) is 4.74 Å². The van der Waals surface area contributed by atoms with Gasteiger partial charge in [0, 0.05) is 0 Å². The first-order chi connectivity index (χ1) is 4.96. The standard InChI is InChI=1S/C4H4F6O2/c1-2(11,3(5,6)7)12-4(8,9)10/h11H,1H3. The number of ether oxygens (including phenoxy) is 1. The molecule has 1 atom stereocenters. The molecule has 0 heterocycles. The largest absolute Gasteiger partial charge is 0.525 e. The van der Waals surface area contributed by atoms with Crippen LogP contribution in [0.2, 0.25) is 0 Å². The molecule has 0 aromatic rings. The summed E-state index contributed by atoms with van der Waals surface area (Å²) in [6.07, 6.45) is -11.0. The van der Waals surface area contributed by atoms with Crippen molar-refractivity contribution in [2.45, 2.75) is 25.2 Å². The van der Waals surface area contributed by atoms with E-state index in [2.05, 4.69) is 4.74 Å². The summed E-state index contributed by atoms with van der Waals surface area (Å²) in [4.78, 5) is 0. The van der Waals surface area contributed by atoms with Gasteiger partial charge in [0.15, 0.2) is 0 Å². The van der Waals surface area contributed by atoms with Gasteiger partial charge in [0.2, 0.25) is 0 Å².